The Balaban J connectivity index is 2.53. The Bertz CT molecular complexity index is 403. The summed E-state index contributed by atoms with van der Waals surface area (Å²) in [6, 6.07) is 7.58. The van der Waals surface area contributed by atoms with Crippen LogP contribution >= 0.6 is 0 Å². The van der Waals surface area contributed by atoms with Gasteiger partial charge in [0.25, 0.3) is 0 Å². The van der Waals surface area contributed by atoms with Crippen LogP contribution in [0.25, 0.3) is 0 Å². The number of nitrogens with zero attached hydrogens (tertiary/aromatic N) is 1. The molecule has 0 unspecified atom stereocenters. The molecule has 1 amide bonds. The summed E-state index contributed by atoms with van der Waals surface area (Å²) in [7, 11) is 0. The summed E-state index contributed by atoms with van der Waals surface area (Å²) < 4.78 is 5.46. The second-order valence-electron chi connectivity index (χ2n) is 3.87. The minimum absolute atomic E-state index is 0.0537. The van der Waals surface area contributed by atoms with Gasteiger partial charge in [-0.25, -0.2) is 5.43 Å². The Morgan fingerprint density at radius 3 is 2.89 bits per heavy atom. The first-order chi connectivity index (χ1) is 8.77. The van der Waals surface area contributed by atoms with Gasteiger partial charge in [0.05, 0.1) is 12.8 Å². The van der Waals surface area contributed by atoms with Crippen molar-refractivity contribution in [1.82, 2.24) is 5.43 Å². The van der Waals surface area contributed by atoms with Gasteiger partial charge in [-0.1, -0.05) is 25.5 Å². The summed E-state index contributed by atoms with van der Waals surface area (Å²) in [5.74, 6) is 0.716. The van der Waals surface area contributed by atoms with E-state index >= 15 is 0 Å². The van der Waals surface area contributed by atoms with Gasteiger partial charge in [-0.3, -0.25) is 4.79 Å². The number of amides is 1. The highest BCUT2D eigenvalue weighted by Gasteiger charge is 2.00. The van der Waals surface area contributed by atoms with Crippen molar-refractivity contribution in [3.05, 3.63) is 29.8 Å². The van der Waals surface area contributed by atoms with Gasteiger partial charge in [-0.05, 0) is 25.5 Å². The fraction of sp³-hybridized carbons (Fsp3) is 0.429. The van der Waals surface area contributed by atoms with Crippen molar-refractivity contribution < 1.29 is 9.53 Å². The first-order valence-electron chi connectivity index (χ1n) is 6.31. The average molecular weight is 248 g/mol. The Kier molecular flexibility index (Phi) is 6.54. The predicted octanol–water partition coefficient (Wildman–Crippen LogP) is 2.73. The fourth-order valence-electron chi connectivity index (χ4n) is 1.44. The van der Waals surface area contributed by atoms with Crippen molar-refractivity contribution in [2.45, 2.75) is 33.1 Å². The van der Waals surface area contributed by atoms with Crippen molar-refractivity contribution in [2.24, 2.45) is 5.10 Å². The number of hydrogen-bond acceptors (Lipinski definition) is 3. The van der Waals surface area contributed by atoms with E-state index in [1.807, 2.05) is 31.2 Å². The van der Waals surface area contributed by atoms with Crippen LogP contribution in [0.2, 0.25) is 0 Å². The zero-order valence-corrected chi connectivity index (χ0v) is 11.0. The second kappa shape index (κ2) is 8.28. The molecule has 0 saturated carbocycles. The smallest absolute Gasteiger partial charge is 0.240 e. The van der Waals surface area contributed by atoms with Gasteiger partial charge in [0, 0.05) is 12.0 Å². The van der Waals surface area contributed by atoms with Crippen LogP contribution < -0.4 is 10.2 Å². The molecule has 0 fully saturated rings. The van der Waals surface area contributed by atoms with E-state index in [0.717, 1.165) is 24.2 Å². The molecule has 1 rings (SSSR count). The maximum Gasteiger partial charge on any atom is 0.240 e. The summed E-state index contributed by atoms with van der Waals surface area (Å²) in [5, 5.41) is 3.93. The molecule has 98 valence electrons. The van der Waals surface area contributed by atoms with Crippen LogP contribution in [0.3, 0.4) is 0 Å². The van der Waals surface area contributed by atoms with Crippen LogP contribution in [0, 0.1) is 0 Å². The molecule has 0 saturated heterocycles. The van der Waals surface area contributed by atoms with Gasteiger partial charge in [-0.2, -0.15) is 5.10 Å². The van der Waals surface area contributed by atoms with Crippen LogP contribution in [0.15, 0.2) is 29.4 Å². The molecule has 0 aliphatic rings. The minimum atomic E-state index is -0.0537. The lowest BCUT2D eigenvalue weighted by molar-refractivity contribution is -0.121. The van der Waals surface area contributed by atoms with Gasteiger partial charge in [-0.15, -0.1) is 0 Å². The number of carbonyl (C=O) groups excluding carboxylic acids is 1. The van der Waals surface area contributed by atoms with Crippen LogP contribution in [-0.4, -0.2) is 18.7 Å². The van der Waals surface area contributed by atoms with Crippen LogP contribution in [-0.2, 0) is 4.79 Å². The monoisotopic (exact) mass is 248 g/mol. The van der Waals surface area contributed by atoms with Crippen LogP contribution in [0.4, 0.5) is 0 Å². The quantitative estimate of drug-likeness (QED) is 0.596. The Hall–Kier alpha value is -1.84. The molecule has 0 atom stereocenters. The third-order valence-corrected chi connectivity index (χ3v) is 2.37. The number of para-hydroxylation sites is 1. The molecular weight excluding hydrogens is 228 g/mol. The molecule has 1 aromatic rings. The van der Waals surface area contributed by atoms with Gasteiger partial charge >= 0.3 is 0 Å². The van der Waals surface area contributed by atoms with Crippen molar-refractivity contribution in [1.29, 1.82) is 0 Å². The van der Waals surface area contributed by atoms with Gasteiger partial charge in [0.1, 0.15) is 5.75 Å². The van der Waals surface area contributed by atoms with Crippen molar-refractivity contribution in [2.75, 3.05) is 6.61 Å². The van der Waals surface area contributed by atoms with E-state index < -0.39 is 0 Å². The number of nitrogens with one attached hydrogen (secondary N) is 1. The normalized spacial score (nSPS) is 10.6. The molecule has 0 spiro atoms. The zero-order chi connectivity index (χ0) is 13.2. The van der Waals surface area contributed by atoms with E-state index in [9.17, 15) is 4.79 Å². The summed E-state index contributed by atoms with van der Waals surface area (Å²) in [6.45, 7) is 4.59. The van der Waals surface area contributed by atoms with E-state index in [0.29, 0.717) is 13.0 Å². The highest BCUT2D eigenvalue weighted by Crippen LogP contribution is 2.15. The third kappa shape index (κ3) is 4.99. The lowest BCUT2D eigenvalue weighted by atomic mass is 10.2. The van der Waals surface area contributed by atoms with Crippen molar-refractivity contribution in [3.63, 3.8) is 0 Å². The molecule has 0 bridgehead atoms. The lowest BCUT2D eigenvalue weighted by Gasteiger charge is -2.05. The molecule has 4 heteroatoms. The third-order valence-electron chi connectivity index (χ3n) is 2.37. The lowest BCUT2D eigenvalue weighted by Crippen LogP contribution is -2.16. The fourth-order valence-corrected chi connectivity index (χ4v) is 1.44. The summed E-state index contributed by atoms with van der Waals surface area (Å²) in [5.41, 5.74) is 3.37. The number of carbonyl (C=O) groups is 1. The highest BCUT2D eigenvalue weighted by atomic mass is 16.5. The maximum atomic E-state index is 11.3. The molecule has 0 aromatic heterocycles. The number of hydrogen-bond donors (Lipinski definition) is 1. The van der Waals surface area contributed by atoms with Gasteiger partial charge in [0.15, 0.2) is 0 Å². The number of ether oxygens (including phenoxy) is 1. The Morgan fingerprint density at radius 2 is 2.17 bits per heavy atom. The number of rotatable bonds is 7. The number of hydrazone groups is 1. The first kappa shape index (κ1) is 14.2. The average Bonchev–Trinajstić information content (AvgIpc) is 2.38. The topological polar surface area (TPSA) is 50.7 Å². The van der Waals surface area contributed by atoms with E-state index in [1.165, 1.54) is 0 Å². The van der Waals surface area contributed by atoms with E-state index in [4.69, 9.17) is 4.74 Å². The van der Waals surface area contributed by atoms with Gasteiger partial charge in [0.2, 0.25) is 5.91 Å². The molecular formula is C14H20N2O2. The maximum absolute atomic E-state index is 11.3. The minimum Gasteiger partial charge on any atom is -0.493 e. The number of benzene rings is 1. The van der Waals surface area contributed by atoms with Gasteiger partial charge < -0.3 is 4.74 Å². The molecule has 0 aliphatic carbocycles. The largest absolute Gasteiger partial charge is 0.493 e. The molecule has 0 heterocycles. The van der Waals surface area contributed by atoms with Crippen molar-refractivity contribution in [3.8, 4) is 5.75 Å². The van der Waals surface area contributed by atoms with Crippen LogP contribution in [0.1, 0.15) is 38.7 Å². The number of unbranched alkanes of at least 4 members (excludes halogenated alkanes) is 1. The summed E-state index contributed by atoms with van der Waals surface area (Å²) >= 11 is 0. The van der Waals surface area contributed by atoms with Crippen LogP contribution in [0.5, 0.6) is 5.75 Å². The highest BCUT2D eigenvalue weighted by molar-refractivity contribution is 5.85. The predicted molar refractivity (Wildman–Crippen MR) is 72.9 cm³/mol. The SMILES string of the molecule is CCCCC(=O)N/N=C\c1ccccc1OCC. The van der Waals surface area contributed by atoms with E-state index in [-0.39, 0.29) is 5.91 Å². The second-order valence-corrected chi connectivity index (χ2v) is 3.87. The summed E-state index contributed by atoms with van der Waals surface area (Å²) in [6.07, 6.45) is 4.01. The standard InChI is InChI=1S/C14H20N2O2/c1-3-5-10-14(17)16-15-11-12-8-6-7-9-13(12)18-4-2/h6-9,11H,3-5,10H2,1-2H3,(H,16,17)/b15-11-. The molecule has 0 aliphatic heterocycles. The Labute approximate surface area is 108 Å². The molecule has 0 radical (unpaired) electrons. The molecule has 18 heavy (non-hydrogen) atoms. The summed E-state index contributed by atoms with van der Waals surface area (Å²) in [4.78, 5) is 11.3. The molecule has 4 nitrogen and oxygen atoms in total. The first-order valence-corrected chi connectivity index (χ1v) is 6.31. The Morgan fingerprint density at radius 1 is 1.39 bits per heavy atom. The molecule has 1 aromatic carbocycles. The van der Waals surface area contributed by atoms with E-state index in [1.54, 1.807) is 6.21 Å². The molecule has 1 N–H and O–H groups in total. The van der Waals surface area contributed by atoms with Crippen molar-refractivity contribution >= 4 is 12.1 Å². The van der Waals surface area contributed by atoms with E-state index in [2.05, 4.69) is 17.5 Å². The zero-order valence-electron chi connectivity index (χ0n) is 11.0.